The molecule has 0 aromatic rings. The third kappa shape index (κ3) is 4.54. The van der Waals surface area contributed by atoms with E-state index in [1.54, 1.807) is 27.7 Å². The normalized spacial score (nSPS) is 20.8. The van der Waals surface area contributed by atoms with Crippen LogP contribution in [0.1, 0.15) is 40.5 Å². The molecule has 108 valence electrons. The van der Waals surface area contributed by atoms with Crippen molar-refractivity contribution in [2.45, 2.75) is 58.2 Å². The van der Waals surface area contributed by atoms with Gasteiger partial charge in [-0.25, -0.2) is 4.79 Å². The minimum atomic E-state index is -0.699. The van der Waals surface area contributed by atoms with E-state index in [2.05, 4.69) is 5.32 Å². The summed E-state index contributed by atoms with van der Waals surface area (Å²) >= 11 is 0. The van der Waals surface area contributed by atoms with Crippen LogP contribution in [-0.2, 0) is 14.3 Å². The second kappa shape index (κ2) is 6.04. The molecule has 6 heteroatoms. The molecule has 6 nitrogen and oxygen atoms in total. The van der Waals surface area contributed by atoms with Crippen molar-refractivity contribution in [2.24, 2.45) is 0 Å². The van der Waals surface area contributed by atoms with Gasteiger partial charge in [-0.15, -0.1) is 0 Å². The van der Waals surface area contributed by atoms with Gasteiger partial charge in [0.25, 0.3) is 0 Å². The fraction of sp³-hybridized carbons (Fsp3) is 0.769. The fourth-order valence-electron chi connectivity index (χ4n) is 2.00. The van der Waals surface area contributed by atoms with Crippen LogP contribution in [0.3, 0.4) is 0 Å². The quantitative estimate of drug-likeness (QED) is 0.779. The van der Waals surface area contributed by atoms with Gasteiger partial charge in [0.2, 0.25) is 5.91 Å². The van der Waals surface area contributed by atoms with Crippen LogP contribution < -0.4 is 5.32 Å². The number of hydrogen-bond donors (Lipinski definition) is 1. The molecule has 1 N–H and O–H groups in total. The number of amides is 2. The molecule has 1 rings (SSSR count). The predicted molar refractivity (Wildman–Crippen MR) is 69.6 cm³/mol. The summed E-state index contributed by atoms with van der Waals surface area (Å²) in [6.45, 7) is 7.40. The maximum absolute atomic E-state index is 12.1. The van der Waals surface area contributed by atoms with Crippen LogP contribution in [-0.4, -0.2) is 47.4 Å². The molecular formula is C13H22N2O4. The number of aldehydes is 1. The molecule has 0 radical (unpaired) electrons. The highest BCUT2D eigenvalue weighted by Crippen LogP contribution is 2.16. The first-order chi connectivity index (χ1) is 8.74. The molecule has 1 heterocycles. The number of carbonyl (C=O) groups is 3. The van der Waals surface area contributed by atoms with Crippen LogP contribution in [0.4, 0.5) is 4.79 Å². The second-order valence-corrected chi connectivity index (χ2v) is 5.75. The Morgan fingerprint density at radius 1 is 1.42 bits per heavy atom. The smallest absolute Gasteiger partial charge is 0.408 e. The van der Waals surface area contributed by atoms with E-state index < -0.39 is 17.7 Å². The molecule has 1 saturated heterocycles. The lowest BCUT2D eigenvalue weighted by Crippen LogP contribution is -2.49. The number of ether oxygens (including phenoxy) is 1. The summed E-state index contributed by atoms with van der Waals surface area (Å²) in [5.74, 6) is -0.250. The standard InChI is InChI=1S/C13H22N2O4/c1-9(14-12(18)19-13(2,3)4)11(17)15-7-5-6-10(15)8-16/h8-10H,5-7H2,1-4H3,(H,14,18). The van der Waals surface area contributed by atoms with Crippen molar-refractivity contribution in [3.63, 3.8) is 0 Å². The van der Waals surface area contributed by atoms with Crippen LogP contribution in [0.5, 0.6) is 0 Å². The third-order valence-corrected chi connectivity index (χ3v) is 2.84. The Morgan fingerprint density at radius 2 is 2.05 bits per heavy atom. The first kappa shape index (κ1) is 15.5. The molecule has 0 aliphatic carbocycles. The fourth-order valence-corrected chi connectivity index (χ4v) is 2.00. The van der Waals surface area contributed by atoms with Gasteiger partial charge in [-0.05, 0) is 40.5 Å². The van der Waals surface area contributed by atoms with Gasteiger partial charge < -0.3 is 19.7 Å². The van der Waals surface area contributed by atoms with Crippen molar-refractivity contribution < 1.29 is 19.1 Å². The lowest BCUT2D eigenvalue weighted by molar-refractivity contribution is -0.136. The van der Waals surface area contributed by atoms with Gasteiger partial charge in [0.15, 0.2) is 0 Å². The highest BCUT2D eigenvalue weighted by Gasteiger charge is 2.32. The van der Waals surface area contributed by atoms with E-state index in [1.165, 1.54) is 4.90 Å². The largest absolute Gasteiger partial charge is 0.444 e. The highest BCUT2D eigenvalue weighted by molar-refractivity contribution is 5.87. The van der Waals surface area contributed by atoms with E-state index in [-0.39, 0.29) is 11.9 Å². The van der Waals surface area contributed by atoms with Gasteiger partial charge >= 0.3 is 6.09 Å². The molecule has 0 aromatic carbocycles. The van der Waals surface area contributed by atoms with Crippen molar-refractivity contribution in [3.8, 4) is 0 Å². The Hall–Kier alpha value is -1.59. The summed E-state index contributed by atoms with van der Waals surface area (Å²) in [6, 6.07) is -1.06. The molecule has 2 atom stereocenters. The second-order valence-electron chi connectivity index (χ2n) is 5.75. The molecule has 0 spiro atoms. The number of nitrogens with zero attached hydrogens (tertiary/aromatic N) is 1. The van der Waals surface area contributed by atoms with Gasteiger partial charge in [-0.3, -0.25) is 4.79 Å². The summed E-state index contributed by atoms with van der Waals surface area (Å²) in [7, 11) is 0. The minimum Gasteiger partial charge on any atom is -0.444 e. The van der Waals surface area contributed by atoms with Crippen LogP contribution in [0.15, 0.2) is 0 Å². The molecule has 2 amide bonds. The zero-order valence-corrected chi connectivity index (χ0v) is 11.9. The zero-order valence-electron chi connectivity index (χ0n) is 11.9. The highest BCUT2D eigenvalue weighted by atomic mass is 16.6. The summed E-state index contributed by atoms with van der Waals surface area (Å²) < 4.78 is 5.08. The van der Waals surface area contributed by atoms with Crippen molar-refractivity contribution >= 4 is 18.3 Å². The molecule has 0 saturated carbocycles. The van der Waals surface area contributed by atoms with Crippen molar-refractivity contribution in [1.82, 2.24) is 10.2 Å². The Balaban J connectivity index is 2.53. The molecular weight excluding hydrogens is 248 g/mol. The van der Waals surface area contributed by atoms with E-state index in [1.807, 2.05) is 0 Å². The Bertz CT molecular complexity index is 362. The topological polar surface area (TPSA) is 75.7 Å². The molecule has 1 aliphatic rings. The summed E-state index contributed by atoms with van der Waals surface area (Å²) in [6.07, 6.45) is 1.66. The van der Waals surface area contributed by atoms with Gasteiger partial charge in [-0.1, -0.05) is 0 Å². The van der Waals surface area contributed by atoms with Gasteiger partial charge in [-0.2, -0.15) is 0 Å². The van der Waals surface area contributed by atoms with E-state index >= 15 is 0 Å². The maximum atomic E-state index is 12.1. The minimum absolute atomic E-state index is 0.250. The van der Waals surface area contributed by atoms with Crippen molar-refractivity contribution in [3.05, 3.63) is 0 Å². The Labute approximate surface area is 113 Å². The Morgan fingerprint density at radius 3 is 2.58 bits per heavy atom. The lowest BCUT2D eigenvalue weighted by atomic mass is 10.2. The number of rotatable bonds is 3. The van der Waals surface area contributed by atoms with Gasteiger partial charge in [0, 0.05) is 6.54 Å². The summed E-state index contributed by atoms with van der Waals surface area (Å²) in [5, 5.41) is 2.49. The lowest BCUT2D eigenvalue weighted by Gasteiger charge is -2.26. The number of likely N-dealkylation sites (tertiary alicyclic amines) is 1. The SMILES string of the molecule is CC(NC(=O)OC(C)(C)C)C(=O)N1CCCC1C=O. The number of alkyl carbamates (subject to hydrolysis) is 1. The third-order valence-electron chi connectivity index (χ3n) is 2.84. The average Bonchev–Trinajstić information content (AvgIpc) is 2.72. The van der Waals surface area contributed by atoms with Crippen LogP contribution in [0.2, 0.25) is 0 Å². The maximum Gasteiger partial charge on any atom is 0.408 e. The van der Waals surface area contributed by atoms with Gasteiger partial charge in [0.05, 0.1) is 6.04 Å². The molecule has 1 fully saturated rings. The average molecular weight is 270 g/mol. The summed E-state index contributed by atoms with van der Waals surface area (Å²) in [5.41, 5.74) is -0.605. The number of nitrogens with one attached hydrogen (secondary N) is 1. The summed E-state index contributed by atoms with van der Waals surface area (Å²) in [4.78, 5) is 36.0. The Kier molecular flexibility index (Phi) is 4.91. The molecule has 19 heavy (non-hydrogen) atoms. The van der Waals surface area contributed by atoms with E-state index in [9.17, 15) is 14.4 Å². The number of hydrogen-bond acceptors (Lipinski definition) is 4. The van der Waals surface area contributed by atoms with Crippen LogP contribution in [0.25, 0.3) is 0 Å². The molecule has 0 bridgehead atoms. The van der Waals surface area contributed by atoms with Crippen molar-refractivity contribution in [2.75, 3.05) is 6.54 Å². The monoisotopic (exact) mass is 270 g/mol. The zero-order chi connectivity index (χ0) is 14.6. The first-order valence-corrected chi connectivity index (χ1v) is 6.50. The molecule has 1 aliphatic heterocycles. The van der Waals surface area contributed by atoms with Crippen LogP contribution in [0, 0.1) is 0 Å². The predicted octanol–water partition coefficient (Wildman–Crippen LogP) is 1.09. The first-order valence-electron chi connectivity index (χ1n) is 6.50. The van der Waals surface area contributed by atoms with E-state index in [4.69, 9.17) is 4.74 Å². The van der Waals surface area contributed by atoms with Crippen LogP contribution >= 0.6 is 0 Å². The van der Waals surface area contributed by atoms with Gasteiger partial charge in [0.1, 0.15) is 17.9 Å². The molecule has 2 unspecified atom stereocenters. The molecule has 0 aromatic heterocycles. The number of carbonyl (C=O) groups excluding carboxylic acids is 3. The van der Waals surface area contributed by atoms with E-state index in [0.717, 1.165) is 12.7 Å². The van der Waals surface area contributed by atoms with Crippen molar-refractivity contribution in [1.29, 1.82) is 0 Å². The van der Waals surface area contributed by atoms with E-state index in [0.29, 0.717) is 13.0 Å².